The van der Waals surface area contributed by atoms with Crippen molar-refractivity contribution in [2.24, 2.45) is 11.8 Å². The fourth-order valence-corrected chi connectivity index (χ4v) is 3.97. The van der Waals surface area contributed by atoms with Gasteiger partial charge in [0.2, 0.25) is 11.8 Å². The van der Waals surface area contributed by atoms with Crippen LogP contribution < -0.4 is 10.2 Å². The first kappa shape index (κ1) is 20.8. The first-order valence-corrected chi connectivity index (χ1v) is 9.90. The van der Waals surface area contributed by atoms with Crippen LogP contribution in [0.5, 0.6) is 0 Å². The second-order valence-corrected chi connectivity index (χ2v) is 7.82. The Morgan fingerprint density at radius 1 is 1.10 bits per heavy atom. The second kappa shape index (κ2) is 8.63. The number of nitrogens with one attached hydrogen (secondary N) is 1. The lowest BCUT2D eigenvalue weighted by Crippen LogP contribution is -2.45. The van der Waals surface area contributed by atoms with E-state index in [0.717, 1.165) is 23.4 Å². The van der Waals surface area contributed by atoms with Gasteiger partial charge in [0.05, 0.1) is 11.8 Å². The van der Waals surface area contributed by atoms with Crippen LogP contribution in [0.1, 0.15) is 32.6 Å². The fraction of sp³-hybridized carbons (Fsp3) is 0.524. The van der Waals surface area contributed by atoms with Gasteiger partial charge in [-0.2, -0.15) is 0 Å². The Morgan fingerprint density at radius 3 is 2.17 bits per heavy atom. The summed E-state index contributed by atoms with van der Waals surface area (Å²) in [6.45, 7) is 0.981. The number of carbonyl (C=O) groups is 4. The summed E-state index contributed by atoms with van der Waals surface area (Å²) < 4.78 is 5.06. The molecule has 29 heavy (non-hydrogen) atoms. The number of hydrogen-bond acceptors (Lipinski definition) is 6. The third-order valence-electron chi connectivity index (χ3n) is 5.62. The standard InChI is InChI=1S/C21H27N3O5/c1-13(24-19(26)16-6-4-5-7-17(16)20(24)27)21(28)29-12-18(25)22-14-8-10-15(11-9-14)23(2)3/h8-11,13,16-17H,4-7,12H2,1-3H3,(H,22,25)/t13-,16-,17-/m0/s1. The first-order valence-electron chi connectivity index (χ1n) is 9.90. The molecule has 8 heteroatoms. The third-order valence-corrected chi connectivity index (χ3v) is 5.62. The van der Waals surface area contributed by atoms with Crippen LogP contribution in [0.4, 0.5) is 11.4 Å². The maximum atomic E-state index is 12.6. The molecule has 1 aromatic rings. The summed E-state index contributed by atoms with van der Waals surface area (Å²) in [6, 6.07) is 6.18. The number of hydrogen-bond donors (Lipinski definition) is 1. The highest BCUT2D eigenvalue weighted by molar-refractivity contribution is 6.08. The van der Waals surface area contributed by atoms with E-state index >= 15 is 0 Å². The molecular formula is C21H27N3O5. The molecule has 0 aromatic heterocycles. The Balaban J connectivity index is 1.52. The van der Waals surface area contributed by atoms with Crippen LogP contribution in [-0.2, 0) is 23.9 Å². The summed E-state index contributed by atoms with van der Waals surface area (Å²) in [5, 5.41) is 2.65. The van der Waals surface area contributed by atoms with Crippen LogP contribution in [0, 0.1) is 11.8 Å². The summed E-state index contributed by atoms with van der Waals surface area (Å²) >= 11 is 0. The number of benzene rings is 1. The Bertz CT molecular complexity index is 781. The van der Waals surface area contributed by atoms with E-state index in [9.17, 15) is 19.2 Å². The average Bonchev–Trinajstić information content (AvgIpc) is 2.96. The van der Waals surface area contributed by atoms with Gasteiger partial charge in [-0.25, -0.2) is 4.79 Å². The largest absolute Gasteiger partial charge is 0.454 e. The Kier molecular flexibility index (Phi) is 6.20. The van der Waals surface area contributed by atoms with Crippen molar-refractivity contribution in [1.82, 2.24) is 4.90 Å². The van der Waals surface area contributed by atoms with Gasteiger partial charge in [0.15, 0.2) is 6.61 Å². The van der Waals surface area contributed by atoms with Gasteiger partial charge in [-0.3, -0.25) is 19.3 Å². The number of anilines is 2. The predicted molar refractivity (Wildman–Crippen MR) is 107 cm³/mol. The smallest absolute Gasteiger partial charge is 0.329 e. The van der Waals surface area contributed by atoms with Gasteiger partial charge < -0.3 is 15.0 Å². The van der Waals surface area contributed by atoms with Gasteiger partial charge in [-0.15, -0.1) is 0 Å². The summed E-state index contributed by atoms with van der Waals surface area (Å²) in [5.41, 5.74) is 1.57. The zero-order chi connectivity index (χ0) is 21.1. The number of likely N-dealkylation sites (tertiary alicyclic amines) is 1. The molecule has 1 saturated carbocycles. The lowest BCUT2D eigenvalue weighted by Gasteiger charge is -2.21. The van der Waals surface area contributed by atoms with Crippen molar-refractivity contribution in [3.8, 4) is 0 Å². The molecule has 3 rings (SSSR count). The van der Waals surface area contributed by atoms with Gasteiger partial charge in [0, 0.05) is 25.5 Å². The molecule has 1 aliphatic heterocycles. The highest BCUT2D eigenvalue weighted by atomic mass is 16.5. The number of amides is 3. The van der Waals surface area contributed by atoms with Crippen molar-refractivity contribution in [1.29, 1.82) is 0 Å². The van der Waals surface area contributed by atoms with Crippen LogP contribution in [0.15, 0.2) is 24.3 Å². The highest BCUT2D eigenvalue weighted by Crippen LogP contribution is 2.38. The number of ether oxygens (including phenoxy) is 1. The van der Waals surface area contributed by atoms with Crippen LogP contribution in [-0.4, -0.2) is 55.3 Å². The Labute approximate surface area is 170 Å². The van der Waals surface area contributed by atoms with Crippen molar-refractivity contribution < 1.29 is 23.9 Å². The molecule has 156 valence electrons. The predicted octanol–water partition coefficient (Wildman–Crippen LogP) is 1.80. The molecule has 3 amide bonds. The van der Waals surface area contributed by atoms with Gasteiger partial charge in [-0.05, 0) is 44.0 Å². The molecule has 8 nitrogen and oxygen atoms in total. The minimum absolute atomic E-state index is 0.297. The quantitative estimate of drug-likeness (QED) is 0.577. The zero-order valence-electron chi connectivity index (χ0n) is 17.0. The molecular weight excluding hydrogens is 374 g/mol. The van der Waals surface area contributed by atoms with Crippen LogP contribution in [0.3, 0.4) is 0 Å². The van der Waals surface area contributed by atoms with Crippen molar-refractivity contribution in [2.45, 2.75) is 38.6 Å². The minimum Gasteiger partial charge on any atom is -0.454 e. The van der Waals surface area contributed by atoms with Crippen molar-refractivity contribution in [3.63, 3.8) is 0 Å². The summed E-state index contributed by atoms with van der Waals surface area (Å²) in [6.07, 6.45) is 3.20. The van der Waals surface area contributed by atoms with E-state index < -0.39 is 24.5 Å². The summed E-state index contributed by atoms with van der Waals surface area (Å²) in [5.74, 6) is -2.48. The number of nitrogens with zero attached hydrogens (tertiary/aromatic N) is 2. The minimum atomic E-state index is -1.03. The molecule has 1 aromatic carbocycles. The lowest BCUT2D eigenvalue weighted by atomic mass is 9.81. The molecule has 1 heterocycles. The zero-order valence-corrected chi connectivity index (χ0v) is 17.0. The van der Waals surface area contributed by atoms with Crippen LogP contribution in [0.2, 0.25) is 0 Å². The molecule has 0 radical (unpaired) electrons. The van der Waals surface area contributed by atoms with E-state index in [1.807, 2.05) is 31.1 Å². The number of carbonyl (C=O) groups excluding carboxylic acids is 4. The molecule has 2 fully saturated rings. The maximum Gasteiger partial charge on any atom is 0.329 e. The van der Waals surface area contributed by atoms with Gasteiger partial charge in [0.1, 0.15) is 6.04 Å². The normalized spacial score (nSPS) is 22.1. The van der Waals surface area contributed by atoms with Gasteiger partial charge in [-0.1, -0.05) is 12.8 Å². The SMILES string of the molecule is C[C@@H](C(=O)OCC(=O)Nc1ccc(N(C)C)cc1)N1C(=O)[C@H]2CCCC[C@@H]2C1=O. The lowest BCUT2D eigenvalue weighted by molar-refractivity contribution is -0.159. The molecule has 3 atom stereocenters. The Hall–Kier alpha value is -2.90. The maximum absolute atomic E-state index is 12.6. The van der Waals surface area contributed by atoms with Gasteiger partial charge in [0.25, 0.3) is 5.91 Å². The number of esters is 1. The monoisotopic (exact) mass is 401 g/mol. The van der Waals surface area contributed by atoms with Crippen LogP contribution >= 0.6 is 0 Å². The molecule has 1 saturated heterocycles. The highest BCUT2D eigenvalue weighted by Gasteiger charge is 2.51. The van der Waals surface area contributed by atoms with Gasteiger partial charge >= 0.3 is 5.97 Å². The van der Waals surface area contributed by atoms with Crippen molar-refractivity contribution in [2.75, 3.05) is 30.9 Å². The van der Waals surface area contributed by atoms with E-state index in [1.165, 1.54) is 6.92 Å². The number of rotatable bonds is 6. The summed E-state index contributed by atoms with van der Waals surface area (Å²) in [4.78, 5) is 52.5. The molecule has 0 bridgehead atoms. The van der Waals surface area contributed by atoms with E-state index in [4.69, 9.17) is 4.74 Å². The fourth-order valence-electron chi connectivity index (χ4n) is 3.97. The number of imide groups is 1. The first-order chi connectivity index (χ1) is 13.8. The molecule has 2 aliphatic rings. The molecule has 1 aliphatic carbocycles. The summed E-state index contributed by atoms with van der Waals surface area (Å²) in [7, 11) is 3.83. The Morgan fingerprint density at radius 2 is 1.66 bits per heavy atom. The van der Waals surface area contributed by atoms with E-state index in [-0.39, 0.29) is 23.7 Å². The van der Waals surface area contributed by atoms with E-state index in [2.05, 4.69) is 5.32 Å². The van der Waals surface area contributed by atoms with E-state index in [0.29, 0.717) is 18.5 Å². The molecule has 1 N–H and O–H groups in total. The molecule has 0 unspecified atom stereocenters. The topological polar surface area (TPSA) is 96.0 Å². The third kappa shape index (κ3) is 4.41. The van der Waals surface area contributed by atoms with E-state index in [1.54, 1.807) is 12.1 Å². The van der Waals surface area contributed by atoms with Crippen molar-refractivity contribution in [3.05, 3.63) is 24.3 Å². The second-order valence-electron chi connectivity index (χ2n) is 7.82. The average molecular weight is 401 g/mol. The number of fused-ring (bicyclic) bond motifs is 1. The molecule has 0 spiro atoms. The van der Waals surface area contributed by atoms with Crippen molar-refractivity contribution >= 4 is 35.1 Å². The van der Waals surface area contributed by atoms with Crippen LogP contribution in [0.25, 0.3) is 0 Å².